The average molecular weight is 283 g/mol. The zero-order valence-corrected chi connectivity index (χ0v) is 11.9. The molecular formula is C13H21N3O4. The molecule has 2 saturated heterocycles. The second-order valence-corrected chi connectivity index (χ2v) is 5.64. The minimum atomic E-state index is -0.918. The van der Waals surface area contributed by atoms with Crippen molar-refractivity contribution in [3.63, 3.8) is 0 Å². The van der Waals surface area contributed by atoms with Gasteiger partial charge in [-0.3, -0.25) is 14.5 Å². The summed E-state index contributed by atoms with van der Waals surface area (Å²) in [5.74, 6) is -0.663. The third kappa shape index (κ3) is 2.63. The van der Waals surface area contributed by atoms with Gasteiger partial charge in [-0.2, -0.15) is 0 Å². The minimum absolute atomic E-state index is 0.257. The summed E-state index contributed by atoms with van der Waals surface area (Å²) >= 11 is 0. The molecule has 7 nitrogen and oxygen atoms in total. The number of rotatable bonds is 3. The van der Waals surface area contributed by atoms with Gasteiger partial charge in [0.05, 0.1) is 6.10 Å². The van der Waals surface area contributed by atoms with Gasteiger partial charge < -0.3 is 15.3 Å². The Bertz CT molecular complexity index is 439. The normalized spacial score (nSPS) is 30.6. The maximum absolute atomic E-state index is 12.2. The van der Waals surface area contributed by atoms with Crippen LogP contribution in [0.1, 0.15) is 33.1 Å². The highest BCUT2D eigenvalue weighted by molar-refractivity contribution is 6.08. The zero-order valence-electron chi connectivity index (χ0n) is 11.9. The SMILES string of the molecule is CCC1(C)NC(=O)N(CC(=O)N2CCCC(O)C2)C1=O. The molecule has 0 aromatic rings. The Morgan fingerprint density at radius 2 is 2.20 bits per heavy atom. The van der Waals surface area contributed by atoms with E-state index in [1.807, 2.05) is 6.92 Å². The van der Waals surface area contributed by atoms with Crippen molar-refractivity contribution < 1.29 is 19.5 Å². The Kier molecular flexibility index (Phi) is 3.99. The standard InChI is InChI=1S/C13H21N3O4/c1-3-13(2)11(19)16(12(20)14-13)8-10(18)15-6-4-5-9(17)7-15/h9,17H,3-8H2,1-2H3,(H,14,20). The molecule has 2 atom stereocenters. The Morgan fingerprint density at radius 3 is 2.75 bits per heavy atom. The smallest absolute Gasteiger partial charge is 0.325 e. The summed E-state index contributed by atoms with van der Waals surface area (Å²) in [7, 11) is 0. The van der Waals surface area contributed by atoms with Gasteiger partial charge in [0, 0.05) is 13.1 Å². The molecule has 0 spiro atoms. The van der Waals surface area contributed by atoms with Crippen LogP contribution in [0.5, 0.6) is 0 Å². The fourth-order valence-electron chi connectivity index (χ4n) is 2.55. The van der Waals surface area contributed by atoms with E-state index in [2.05, 4.69) is 5.32 Å². The summed E-state index contributed by atoms with van der Waals surface area (Å²) in [6.07, 6.45) is 1.38. The third-order valence-corrected chi connectivity index (χ3v) is 4.09. The van der Waals surface area contributed by atoms with Gasteiger partial charge in [-0.05, 0) is 26.2 Å². The van der Waals surface area contributed by atoms with Crippen LogP contribution in [0.25, 0.3) is 0 Å². The molecule has 2 rings (SSSR count). The monoisotopic (exact) mass is 283 g/mol. The van der Waals surface area contributed by atoms with Gasteiger partial charge in [-0.1, -0.05) is 6.92 Å². The highest BCUT2D eigenvalue weighted by Gasteiger charge is 2.47. The number of aliphatic hydroxyl groups excluding tert-OH is 1. The predicted octanol–water partition coefficient (Wildman–Crippen LogP) is -0.310. The van der Waals surface area contributed by atoms with Gasteiger partial charge in [0.2, 0.25) is 5.91 Å². The Balaban J connectivity index is 2.01. The number of amides is 4. The number of carbonyl (C=O) groups is 3. The molecule has 0 aromatic carbocycles. The van der Waals surface area contributed by atoms with E-state index in [1.165, 1.54) is 4.90 Å². The van der Waals surface area contributed by atoms with Crippen molar-refractivity contribution in [3.8, 4) is 0 Å². The zero-order chi connectivity index (χ0) is 14.9. The number of aliphatic hydroxyl groups is 1. The first-order chi connectivity index (χ1) is 9.37. The van der Waals surface area contributed by atoms with Crippen molar-refractivity contribution in [3.05, 3.63) is 0 Å². The van der Waals surface area contributed by atoms with E-state index < -0.39 is 17.7 Å². The van der Waals surface area contributed by atoms with Gasteiger partial charge in [0.25, 0.3) is 5.91 Å². The number of β-amino-alcohol motifs (C(OH)–C–C–N with tert-alkyl or cyclic N) is 1. The Hall–Kier alpha value is -1.63. The summed E-state index contributed by atoms with van der Waals surface area (Å²) in [6, 6.07) is -0.523. The second-order valence-electron chi connectivity index (χ2n) is 5.64. The predicted molar refractivity (Wildman–Crippen MR) is 70.8 cm³/mol. The van der Waals surface area contributed by atoms with Crippen LogP contribution in [0.15, 0.2) is 0 Å². The number of nitrogens with zero attached hydrogens (tertiary/aromatic N) is 2. The molecular weight excluding hydrogens is 262 g/mol. The van der Waals surface area contributed by atoms with E-state index in [9.17, 15) is 19.5 Å². The Morgan fingerprint density at radius 1 is 1.50 bits per heavy atom. The maximum Gasteiger partial charge on any atom is 0.325 e. The quantitative estimate of drug-likeness (QED) is 0.695. The minimum Gasteiger partial charge on any atom is -0.391 e. The summed E-state index contributed by atoms with van der Waals surface area (Å²) in [4.78, 5) is 38.6. The van der Waals surface area contributed by atoms with Crippen molar-refractivity contribution in [2.45, 2.75) is 44.8 Å². The number of hydrogen-bond acceptors (Lipinski definition) is 4. The molecule has 2 aliphatic rings. The molecule has 0 bridgehead atoms. The van der Waals surface area contributed by atoms with Crippen LogP contribution in [0.3, 0.4) is 0 Å². The number of likely N-dealkylation sites (tertiary alicyclic amines) is 1. The van der Waals surface area contributed by atoms with E-state index in [0.29, 0.717) is 19.4 Å². The molecule has 4 amide bonds. The number of urea groups is 1. The molecule has 2 N–H and O–H groups in total. The molecule has 2 fully saturated rings. The van der Waals surface area contributed by atoms with Crippen molar-refractivity contribution in [2.75, 3.05) is 19.6 Å². The molecule has 0 saturated carbocycles. The lowest BCUT2D eigenvalue weighted by Gasteiger charge is -2.31. The van der Waals surface area contributed by atoms with E-state index >= 15 is 0 Å². The number of nitrogens with one attached hydrogen (secondary N) is 1. The fourth-order valence-corrected chi connectivity index (χ4v) is 2.55. The topological polar surface area (TPSA) is 90.0 Å². The van der Waals surface area contributed by atoms with Crippen LogP contribution in [0.2, 0.25) is 0 Å². The van der Waals surface area contributed by atoms with Crippen molar-refractivity contribution in [1.82, 2.24) is 15.1 Å². The molecule has 0 radical (unpaired) electrons. The largest absolute Gasteiger partial charge is 0.391 e. The van der Waals surface area contributed by atoms with Gasteiger partial charge >= 0.3 is 6.03 Å². The van der Waals surface area contributed by atoms with Crippen LogP contribution in [-0.4, -0.2) is 64.0 Å². The van der Waals surface area contributed by atoms with E-state index in [-0.39, 0.29) is 24.9 Å². The van der Waals surface area contributed by atoms with Crippen LogP contribution in [0, 0.1) is 0 Å². The highest BCUT2D eigenvalue weighted by atomic mass is 16.3. The number of imide groups is 1. The van der Waals surface area contributed by atoms with E-state index in [4.69, 9.17) is 0 Å². The lowest BCUT2D eigenvalue weighted by atomic mass is 9.99. The lowest BCUT2D eigenvalue weighted by Crippen LogP contribution is -2.48. The summed E-state index contributed by atoms with van der Waals surface area (Å²) < 4.78 is 0. The molecule has 2 aliphatic heterocycles. The molecule has 2 heterocycles. The van der Waals surface area contributed by atoms with E-state index in [0.717, 1.165) is 11.3 Å². The van der Waals surface area contributed by atoms with Gasteiger partial charge in [-0.15, -0.1) is 0 Å². The van der Waals surface area contributed by atoms with Gasteiger partial charge in [-0.25, -0.2) is 4.79 Å². The molecule has 20 heavy (non-hydrogen) atoms. The van der Waals surface area contributed by atoms with Crippen LogP contribution >= 0.6 is 0 Å². The van der Waals surface area contributed by atoms with Crippen LogP contribution in [-0.2, 0) is 9.59 Å². The molecule has 7 heteroatoms. The number of piperidine rings is 1. The maximum atomic E-state index is 12.2. The van der Waals surface area contributed by atoms with Crippen molar-refractivity contribution in [2.24, 2.45) is 0 Å². The van der Waals surface area contributed by atoms with Crippen molar-refractivity contribution >= 4 is 17.8 Å². The molecule has 0 aromatic heterocycles. The first-order valence-electron chi connectivity index (χ1n) is 6.97. The van der Waals surface area contributed by atoms with Crippen LogP contribution in [0.4, 0.5) is 4.79 Å². The third-order valence-electron chi connectivity index (χ3n) is 4.09. The molecule has 112 valence electrons. The summed E-state index contributed by atoms with van der Waals surface area (Å²) in [5, 5.41) is 12.2. The second kappa shape index (κ2) is 5.40. The Labute approximate surface area is 117 Å². The summed E-state index contributed by atoms with van der Waals surface area (Å²) in [6.45, 7) is 4.04. The molecule has 2 unspecified atom stereocenters. The van der Waals surface area contributed by atoms with Crippen LogP contribution < -0.4 is 5.32 Å². The van der Waals surface area contributed by atoms with Crippen molar-refractivity contribution in [1.29, 1.82) is 0 Å². The molecule has 0 aliphatic carbocycles. The van der Waals surface area contributed by atoms with Gasteiger partial charge in [0.15, 0.2) is 0 Å². The summed E-state index contributed by atoms with van der Waals surface area (Å²) in [5.41, 5.74) is -0.918. The number of carbonyl (C=O) groups excluding carboxylic acids is 3. The first-order valence-corrected chi connectivity index (χ1v) is 6.97. The number of hydrogen-bond donors (Lipinski definition) is 2. The fraction of sp³-hybridized carbons (Fsp3) is 0.769. The first kappa shape index (κ1) is 14.8. The van der Waals surface area contributed by atoms with E-state index in [1.54, 1.807) is 6.92 Å². The lowest BCUT2D eigenvalue weighted by molar-refractivity contribution is -0.140. The van der Waals surface area contributed by atoms with Gasteiger partial charge in [0.1, 0.15) is 12.1 Å². The highest BCUT2D eigenvalue weighted by Crippen LogP contribution is 2.21. The average Bonchev–Trinajstić information content (AvgIpc) is 2.63.